The second kappa shape index (κ2) is 6.29. The van der Waals surface area contributed by atoms with Crippen LogP contribution in [0.3, 0.4) is 0 Å². The second-order valence-electron chi connectivity index (χ2n) is 5.26. The number of hydrogen-bond acceptors (Lipinski definition) is 5. The first-order valence-corrected chi connectivity index (χ1v) is 8.72. The molecule has 0 saturated heterocycles. The van der Waals surface area contributed by atoms with Crippen LogP contribution in [0.2, 0.25) is 0 Å². The second-order valence-corrected chi connectivity index (χ2v) is 6.94. The molecule has 0 radical (unpaired) electrons. The van der Waals surface area contributed by atoms with Crippen LogP contribution in [0, 0.1) is 6.92 Å². The van der Waals surface area contributed by atoms with E-state index in [9.17, 15) is 8.42 Å². The first-order valence-electron chi connectivity index (χ1n) is 7.23. The molecule has 0 fully saturated rings. The molecular formula is C17H16N4O2S. The van der Waals surface area contributed by atoms with E-state index in [1.165, 1.54) is 24.3 Å². The maximum absolute atomic E-state index is 12.4. The van der Waals surface area contributed by atoms with E-state index < -0.39 is 10.0 Å². The van der Waals surface area contributed by atoms with E-state index in [4.69, 9.17) is 5.73 Å². The normalized spacial score (nSPS) is 11.2. The number of nitrogens with one attached hydrogen (secondary N) is 1. The minimum absolute atomic E-state index is 0.0330. The van der Waals surface area contributed by atoms with Crippen LogP contribution in [0.4, 0.5) is 11.6 Å². The number of nitrogens with zero attached hydrogens (tertiary/aromatic N) is 2. The summed E-state index contributed by atoms with van der Waals surface area (Å²) in [6, 6.07) is 17.2. The van der Waals surface area contributed by atoms with E-state index in [1.807, 2.05) is 30.3 Å². The molecule has 0 atom stereocenters. The van der Waals surface area contributed by atoms with Crippen molar-refractivity contribution in [2.45, 2.75) is 11.8 Å². The van der Waals surface area contributed by atoms with Crippen LogP contribution in [0.25, 0.3) is 11.3 Å². The quantitative estimate of drug-likeness (QED) is 0.712. The highest BCUT2D eigenvalue weighted by molar-refractivity contribution is 7.92. The van der Waals surface area contributed by atoms with Crippen molar-refractivity contribution >= 4 is 21.7 Å². The lowest BCUT2D eigenvalue weighted by Crippen LogP contribution is -2.15. The Labute approximate surface area is 140 Å². The van der Waals surface area contributed by atoms with E-state index >= 15 is 0 Å². The lowest BCUT2D eigenvalue weighted by atomic mass is 10.1. The van der Waals surface area contributed by atoms with Crippen molar-refractivity contribution in [1.82, 2.24) is 9.97 Å². The monoisotopic (exact) mass is 340 g/mol. The van der Waals surface area contributed by atoms with Crippen LogP contribution < -0.4 is 10.5 Å². The summed E-state index contributed by atoms with van der Waals surface area (Å²) >= 11 is 0. The SMILES string of the molecule is Cc1cc(-c2ccccc2)nc(NS(=O)(=O)c2ccc(N)cc2)n1. The fourth-order valence-electron chi connectivity index (χ4n) is 2.20. The molecule has 122 valence electrons. The van der Waals surface area contributed by atoms with Gasteiger partial charge in [-0.1, -0.05) is 30.3 Å². The molecule has 0 amide bonds. The predicted molar refractivity (Wildman–Crippen MR) is 93.9 cm³/mol. The van der Waals surface area contributed by atoms with Crippen LogP contribution in [0.5, 0.6) is 0 Å². The molecule has 3 rings (SSSR count). The minimum Gasteiger partial charge on any atom is -0.399 e. The number of aromatic nitrogens is 2. The summed E-state index contributed by atoms with van der Waals surface area (Å²) in [5.74, 6) is 0.0330. The molecule has 2 aromatic carbocycles. The lowest BCUT2D eigenvalue weighted by molar-refractivity contribution is 0.601. The van der Waals surface area contributed by atoms with E-state index in [1.54, 1.807) is 13.0 Å². The van der Waals surface area contributed by atoms with Gasteiger partial charge in [-0.05, 0) is 37.3 Å². The van der Waals surface area contributed by atoms with Crippen molar-refractivity contribution < 1.29 is 8.42 Å². The van der Waals surface area contributed by atoms with Crippen molar-refractivity contribution in [3.8, 4) is 11.3 Å². The Morgan fingerprint density at radius 2 is 1.62 bits per heavy atom. The van der Waals surface area contributed by atoms with E-state index in [0.717, 1.165) is 5.56 Å². The van der Waals surface area contributed by atoms with Crippen molar-refractivity contribution in [3.05, 3.63) is 66.4 Å². The van der Waals surface area contributed by atoms with Crippen molar-refractivity contribution in [2.24, 2.45) is 0 Å². The summed E-state index contributed by atoms with van der Waals surface area (Å²) in [5.41, 5.74) is 8.28. The molecule has 6 nitrogen and oxygen atoms in total. The molecule has 0 unspecified atom stereocenters. The van der Waals surface area contributed by atoms with Gasteiger partial charge in [0.2, 0.25) is 5.95 Å². The molecule has 0 aliphatic heterocycles. The lowest BCUT2D eigenvalue weighted by Gasteiger charge is -2.09. The van der Waals surface area contributed by atoms with Gasteiger partial charge in [-0.25, -0.2) is 23.1 Å². The van der Waals surface area contributed by atoms with Gasteiger partial charge in [-0.2, -0.15) is 0 Å². The minimum atomic E-state index is -3.78. The van der Waals surface area contributed by atoms with Crippen molar-refractivity contribution in [3.63, 3.8) is 0 Å². The Morgan fingerprint density at radius 3 is 2.29 bits per heavy atom. The van der Waals surface area contributed by atoms with Crippen LogP contribution in [-0.4, -0.2) is 18.4 Å². The number of aryl methyl sites for hydroxylation is 1. The number of nitrogens with two attached hydrogens (primary N) is 1. The highest BCUT2D eigenvalue weighted by Crippen LogP contribution is 2.20. The van der Waals surface area contributed by atoms with E-state index in [-0.39, 0.29) is 10.8 Å². The van der Waals surface area contributed by atoms with Gasteiger partial charge in [0.25, 0.3) is 10.0 Å². The highest BCUT2D eigenvalue weighted by Gasteiger charge is 2.16. The largest absolute Gasteiger partial charge is 0.399 e. The molecule has 1 heterocycles. The van der Waals surface area contributed by atoms with Crippen LogP contribution >= 0.6 is 0 Å². The molecule has 0 bridgehead atoms. The van der Waals surface area contributed by atoms with Gasteiger partial charge in [-0.15, -0.1) is 0 Å². The third-order valence-electron chi connectivity index (χ3n) is 3.34. The first kappa shape index (κ1) is 15.9. The average molecular weight is 340 g/mol. The molecule has 0 spiro atoms. The van der Waals surface area contributed by atoms with Gasteiger partial charge in [0.1, 0.15) is 0 Å². The smallest absolute Gasteiger partial charge is 0.264 e. The van der Waals surface area contributed by atoms with Gasteiger partial charge < -0.3 is 5.73 Å². The molecular weight excluding hydrogens is 324 g/mol. The zero-order chi connectivity index (χ0) is 17.2. The average Bonchev–Trinajstić information content (AvgIpc) is 2.55. The fraction of sp³-hybridized carbons (Fsp3) is 0.0588. The zero-order valence-corrected chi connectivity index (χ0v) is 13.8. The number of sulfonamides is 1. The van der Waals surface area contributed by atoms with E-state index in [0.29, 0.717) is 17.1 Å². The van der Waals surface area contributed by atoms with Crippen LogP contribution in [0.1, 0.15) is 5.69 Å². The van der Waals surface area contributed by atoms with E-state index in [2.05, 4.69) is 14.7 Å². The molecule has 3 aromatic rings. The van der Waals surface area contributed by atoms with Crippen molar-refractivity contribution in [1.29, 1.82) is 0 Å². The summed E-state index contributed by atoms with van der Waals surface area (Å²) in [7, 11) is -3.78. The standard InChI is InChI=1S/C17H16N4O2S/c1-12-11-16(13-5-3-2-4-6-13)20-17(19-12)21-24(22,23)15-9-7-14(18)8-10-15/h2-11H,18H2,1H3,(H,19,20,21). The summed E-state index contributed by atoms with van der Waals surface area (Å²) in [6.45, 7) is 1.79. The number of benzene rings is 2. The topological polar surface area (TPSA) is 98.0 Å². The number of nitrogen functional groups attached to an aromatic ring is 1. The summed E-state index contributed by atoms with van der Waals surface area (Å²) in [4.78, 5) is 8.57. The summed E-state index contributed by atoms with van der Waals surface area (Å²) in [5, 5.41) is 0. The Balaban J connectivity index is 1.95. The first-order chi connectivity index (χ1) is 11.4. The Bertz CT molecular complexity index is 956. The van der Waals surface area contributed by atoms with Crippen LogP contribution in [0.15, 0.2) is 65.6 Å². The third-order valence-corrected chi connectivity index (χ3v) is 4.68. The fourth-order valence-corrected chi connectivity index (χ4v) is 3.14. The van der Waals surface area contributed by atoms with Crippen molar-refractivity contribution in [2.75, 3.05) is 10.5 Å². The maximum Gasteiger partial charge on any atom is 0.264 e. The molecule has 0 saturated carbocycles. The van der Waals surface area contributed by atoms with Crippen LogP contribution in [-0.2, 0) is 10.0 Å². The van der Waals surface area contributed by atoms with Gasteiger partial charge in [0.15, 0.2) is 0 Å². The molecule has 24 heavy (non-hydrogen) atoms. The molecule has 7 heteroatoms. The summed E-state index contributed by atoms with van der Waals surface area (Å²) < 4.78 is 27.3. The third kappa shape index (κ3) is 3.52. The molecule has 0 aliphatic carbocycles. The van der Waals surface area contributed by atoms with Gasteiger partial charge >= 0.3 is 0 Å². The molecule has 1 aromatic heterocycles. The molecule has 0 aliphatic rings. The Kier molecular flexibility index (Phi) is 4.18. The summed E-state index contributed by atoms with van der Waals surface area (Å²) in [6.07, 6.45) is 0. The highest BCUT2D eigenvalue weighted by atomic mass is 32.2. The number of anilines is 2. The van der Waals surface area contributed by atoms with Gasteiger partial charge in [-0.3, -0.25) is 0 Å². The van der Waals surface area contributed by atoms with Gasteiger partial charge in [0.05, 0.1) is 10.6 Å². The Morgan fingerprint density at radius 1 is 0.958 bits per heavy atom. The van der Waals surface area contributed by atoms with Gasteiger partial charge in [0, 0.05) is 16.9 Å². The predicted octanol–water partition coefficient (Wildman–Crippen LogP) is 2.84. The number of hydrogen-bond donors (Lipinski definition) is 2. The Hall–Kier alpha value is -2.93. The molecule has 3 N–H and O–H groups in total. The maximum atomic E-state index is 12.4. The zero-order valence-electron chi connectivity index (χ0n) is 13.0. The number of rotatable bonds is 4.